The molecule has 0 aliphatic rings. The van der Waals surface area contributed by atoms with E-state index in [1.807, 2.05) is 0 Å². The second-order valence-electron chi connectivity index (χ2n) is 3.01. The standard InChI is InChI=1S/C11H7ClO3S/c12-7-1-3-8(4-2-7)15-9-5-10(11(13)14)16-6-9/h1-6H,(H,13,14). The van der Waals surface area contributed by atoms with Crippen LogP contribution in [-0.2, 0) is 0 Å². The molecule has 82 valence electrons. The van der Waals surface area contributed by atoms with Crippen molar-refractivity contribution in [3.05, 3.63) is 45.6 Å². The number of rotatable bonds is 3. The minimum atomic E-state index is -0.948. The molecule has 0 aliphatic carbocycles. The van der Waals surface area contributed by atoms with Gasteiger partial charge in [0.05, 0.1) is 0 Å². The smallest absolute Gasteiger partial charge is 0.346 e. The average molecular weight is 255 g/mol. The highest BCUT2D eigenvalue weighted by Gasteiger charge is 2.07. The Labute approximate surface area is 101 Å². The summed E-state index contributed by atoms with van der Waals surface area (Å²) in [5.41, 5.74) is 0. The van der Waals surface area contributed by atoms with Gasteiger partial charge in [0.2, 0.25) is 0 Å². The van der Waals surface area contributed by atoms with Gasteiger partial charge in [-0.15, -0.1) is 11.3 Å². The number of halogens is 1. The quantitative estimate of drug-likeness (QED) is 0.904. The first kappa shape index (κ1) is 11.0. The first-order valence-corrected chi connectivity index (χ1v) is 5.66. The fraction of sp³-hybridized carbons (Fsp3) is 0. The molecule has 1 aromatic heterocycles. The van der Waals surface area contributed by atoms with E-state index < -0.39 is 5.97 Å². The van der Waals surface area contributed by atoms with Crippen LogP contribution in [0.2, 0.25) is 5.02 Å². The van der Waals surface area contributed by atoms with Crippen LogP contribution in [0.5, 0.6) is 11.5 Å². The second kappa shape index (κ2) is 4.55. The molecule has 0 aliphatic heterocycles. The second-order valence-corrected chi connectivity index (χ2v) is 4.36. The van der Waals surface area contributed by atoms with E-state index in [0.717, 1.165) is 11.3 Å². The first-order valence-electron chi connectivity index (χ1n) is 4.40. The minimum absolute atomic E-state index is 0.254. The van der Waals surface area contributed by atoms with Gasteiger partial charge in [-0.2, -0.15) is 0 Å². The maximum absolute atomic E-state index is 10.6. The van der Waals surface area contributed by atoms with Crippen LogP contribution in [0.25, 0.3) is 0 Å². The predicted octanol–water partition coefficient (Wildman–Crippen LogP) is 3.89. The summed E-state index contributed by atoms with van der Waals surface area (Å²) in [6, 6.07) is 8.35. The maximum Gasteiger partial charge on any atom is 0.346 e. The molecular weight excluding hydrogens is 248 g/mol. The van der Waals surface area contributed by atoms with Crippen molar-refractivity contribution in [2.45, 2.75) is 0 Å². The molecule has 0 amide bonds. The normalized spacial score (nSPS) is 10.1. The van der Waals surface area contributed by atoms with Crippen LogP contribution in [0.3, 0.4) is 0 Å². The lowest BCUT2D eigenvalue weighted by Gasteiger charge is -2.01. The Balaban J connectivity index is 2.14. The van der Waals surface area contributed by atoms with E-state index in [9.17, 15) is 4.79 Å². The first-order chi connectivity index (χ1) is 7.65. The fourth-order valence-electron chi connectivity index (χ4n) is 1.12. The molecule has 0 saturated heterocycles. The van der Waals surface area contributed by atoms with Gasteiger partial charge in [0, 0.05) is 16.5 Å². The van der Waals surface area contributed by atoms with Gasteiger partial charge in [-0.05, 0) is 24.3 Å². The van der Waals surface area contributed by atoms with Crippen molar-refractivity contribution >= 4 is 28.9 Å². The highest BCUT2D eigenvalue weighted by molar-refractivity contribution is 7.12. The van der Waals surface area contributed by atoms with Crippen LogP contribution in [0.1, 0.15) is 9.67 Å². The van der Waals surface area contributed by atoms with Crippen molar-refractivity contribution in [2.24, 2.45) is 0 Å². The Hall–Kier alpha value is -1.52. The predicted molar refractivity (Wildman–Crippen MR) is 62.8 cm³/mol. The van der Waals surface area contributed by atoms with Gasteiger partial charge in [-0.25, -0.2) is 4.79 Å². The van der Waals surface area contributed by atoms with E-state index in [1.165, 1.54) is 6.07 Å². The zero-order chi connectivity index (χ0) is 11.5. The Morgan fingerprint density at radius 1 is 1.25 bits per heavy atom. The Morgan fingerprint density at radius 3 is 2.50 bits per heavy atom. The Kier molecular flexibility index (Phi) is 3.12. The molecule has 2 aromatic rings. The number of aromatic carboxylic acids is 1. The molecule has 0 radical (unpaired) electrons. The summed E-state index contributed by atoms with van der Waals surface area (Å²) >= 11 is 6.86. The average Bonchev–Trinajstić information content (AvgIpc) is 2.70. The van der Waals surface area contributed by atoms with Crippen LogP contribution < -0.4 is 4.74 Å². The number of hydrogen-bond donors (Lipinski definition) is 1. The molecule has 1 aromatic carbocycles. The molecule has 0 atom stereocenters. The van der Waals surface area contributed by atoms with Crippen LogP contribution in [0, 0.1) is 0 Å². The largest absolute Gasteiger partial charge is 0.477 e. The fourth-order valence-corrected chi connectivity index (χ4v) is 1.89. The minimum Gasteiger partial charge on any atom is -0.477 e. The summed E-state index contributed by atoms with van der Waals surface area (Å²) in [7, 11) is 0. The summed E-state index contributed by atoms with van der Waals surface area (Å²) in [5, 5.41) is 11.0. The van der Waals surface area contributed by atoms with Crippen molar-refractivity contribution < 1.29 is 14.6 Å². The van der Waals surface area contributed by atoms with Crippen LogP contribution in [-0.4, -0.2) is 11.1 Å². The summed E-state index contributed by atoms with van der Waals surface area (Å²) in [5.74, 6) is 0.194. The van der Waals surface area contributed by atoms with Gasteiger partial charge < -0.3 is 9.84 Å². The van der Waals surface area contributed by atoms with E-state index in [4.69, 9.17) is 21.4 Å². The molecule has 0 unspecified atom stereocenters. The Morgan fingerprint density at radius 2 is 1.94 bits per heavy atom. The van der Waals surface area contributed by atoms with Crippen molar-refractivity contribution in [3.63, 3.8) is 0 Å². The molecule has 16 heavy (non-hydrogen) atoms. The molecule has 0 bridgehead atoms. The van der Waals surface area contributed by atoms with Crippen LogP contribution in [0.15, 0.2) is 35.7 Å². The summed E-state index contributed by atoms with van der Waals surface area (Å²) in [6.45, 7) is 0. The third kappa shape index (κ3) is 2.53. The lowest BCUT2D eigenvalue weighted by atomic mass is 10.3. The number of carboxylic acids is 1. The molecular formula is C11H7ClO3S. The SMILES string of the molecule is O=C(O)c1cc(Oc2ccc(Cl)cc2)cs1. The van der Waals surface area contributed by atoms with E-state index in [1.54, 1.807) is 29.6 Å². The monoisotopic (exact) mass is 254 g/mol. The lowest BCUT2D eigenvalue weighted by Crippen LogP contribution is -1.90. The number of ether oxygens (including phenoxy) is 1. The molecule has 3 nitrogen and oxygen atoms in total. The number of carbonyl (C=O) groups is 1. The number of benzene rings is 1. The van der Waals surface area contributed by atoms with Gasteiger partial charge in [0.25, 0.3) is 0 Å². The summed E-state index contributed by atoms with van der Waals surface area (Å²) in [4.78, 5) is 10.9. The van der Waals surface area contributed by atoms with Crippen LogP contribution in [0.4, 0.5) is 0 Å². The summed E-state index contributed by atoms with van der Waals surface area (Å²) < 4.78 is 5.45. The highest BCUT2D eigenvalue weighted by Crippen LogP contribution is 2.27. The third-order valence-corrected chi connectivity index (χ3v) is 2.98. The van der Waals surface area contributed by atoms with E-state index in [-0.39, 0.29) is 4.88 Å². The molecule has 1 heterocycles. The molecule has 0 fully saturated rings. The van der Waals surface area contributed by atoms with Gasteiger partial charge in [-0.3, -0.25) is 0 Å². The molecule has 1 N–H and O–H groups in total. The molecule has 0 saturated carbocycles. The molecule has 5 heteroatoms. The van der Waals surface area contributed by atoms with Gasteiger partial charge >= 0.3 is 5.97 Å². The number of thiophene rings is 1. The van der Waals surface area contributed by atoms with Gasteiger partial charge in [0.1, 0.15) is 16.4 Å². The van der Waals surface area contributed by atoms with Crippen molar-refractivity contribution in [2.75, 3.05) is 0 Å². The van der Waals surface area contributed by atoms with Crippen molar-refractivity contribution in [1.29, 1.82) is 0 Å². The van der Waals surface area contributed by atoms with Gasteiger partial charge in [0.15, 0.2) is 0 Å². The van der Waals surface area contributed by atoms with E-state index in [2.05, 4.69) is 0 Å². The topological polar surface area (TPSA) is 46.5 Å². The van der Waals surface area contributed by atoms with E-state index in [0.29, 0.717) is 16.5 Å². The van der Waals surface area contributed by atoms with Gasteiger partial charge in [-0.1, -0.05) is 11.6 Å². The maximum atomic E-state index is 10.6. The lowest BCUT2D eigenvalue weighted by molar-refractivity contribution is 0.0702. The molecule has 0 spiro atoms. The van der Waals surface area contributed by atoms with E-state index >= 15 is 0 Å². The number of hydrogen-bond acceptors (Lipinski definition) is 3. The van der Waals surface area contributed by atoms with Crippen molar-refractivity contribution in [3.8, 4) is 11.5 Å². The zero-order valence-corrected chi connectivity index (χ0v) is 9.59. The Bertz CT molecular complexity index is 504. The van der Waals surface area contributed by atoms with Crippen LogP contribution >= 0.6 is 22.9 Å². The molecule has 2 rings (SSSR count). The van der Waals surface area contributed by atoms with Crippen molar-refractivity contribution in [1.82, 2.24) is 0 Å². The zero-order valence-electron chi connectivity index (χ0n) is 8.01. The highest BCUT2D eigenvalue weighted by atomic mass is 35.5. The summed E-state index contributed by atoms with van der Waals surface area (Å²) in [6.07, 6.45) is 0. The number of carboxylic acid groups (broad SMARTS) is 1. The third-order valence-electron chi connectivity index (χ3n) is 1.84.